The summed E-state index contributed by atoms with van der Waals surface area (Å²) in [7, 11) is 0. The van der Waals surface area contributed by atoms with Crippen molar-refractivity contribution in [1.82, 2.24) is 4.90 Å². The summed E-state index contributed by atoms with van der Waals surface area (Å²) in [6, 6.07) is 12.8. The van der Waals surface area contributed by atoms with E-state index in [-0.39, 0.29) is 11.8 Å². The topological polar surface area (TPSA) is 56.1 Å². The molecule has 1 fully saturated rings. The normalized spacial score (nSPS) is 17.7. The summed E-state index contributed by atoms with van der Waals surface area (Å²) in [5.41, 5.74) is 3.14. The van der Waals surface area contributed by atoms with Gasteiger partial charge in [-0.05, 0) is 30.4 Å². The molecule has 5 heteroatoms. The molecule has 4 rings (SSSR count). The van der Waals surface area contributed by atoms with Crippen molar-refractivity contribution in [2.45, 2.75) is 45.2 Å². The first kappa shape index (κ1) is 17.3. The Balaban J connectivity index is 1.49. The monoisotopic (exact) mass is 365 g/mol. The van der Waals surface area contributed by atoms with Crippen LogP contribution in [0.1, 0.15) is 47.3 Å². The number of nitriles is 1. The summed E-state index contributed by atoms with van der Waals surface area (Å²) in [6.07, 6.45) is 5.10. The fourth-order valence-electron chi connectivity index (χ4n) is 4.04. The van der Waals surface area contributed by atoms with Crippen molar-refractivity contribution in [3.8, 4) is 6.07 Å². The molecule has 26 heavy (non-hydrogen) atoms. The highest BCUT2D eigenvalue weighted by molar-refractivity contribution is 7.16. The van der Waals surface area contributed by atoms with Crippen molar-refractivity contribution < 1.29 is 4.79 Å². The van der Waals surface area contributed by atoms with Crippen LogP contribution in [0, 0.1) is 17.2 Å². The lowest BCUT2D eigenvalue weighted by molar-refractivity contribution is -0.119. The summed E-state index contributed by atoms with van der Waals surface area (Å²) in [5.74, 6) is 0.217. The van der Waals surface area contributed by atoms with E-state index in [4.69, 9.17) is 0 Å². The third-order valence-electron chi connectivity index (χ3n) is 5.46. The molecule has 1 saturated carbocycles. The van der Waals surface area contributed by atoms with Crippen molar-refractivity contribution in [3.05, 3.63) is 51.9 Å². The Hall–Kier alpha value is -2.16. The van der Waals surface area contributed by atoms with Crippen molar-refractivity contribution in [2.75, 3.05) is 11.9 Å². The Morgan fingerprint density at radius 1 is 1.27 bits per heavy atom. The van der Waals surface area contributed by atoms with Crippen LogP contribution in [0.4, 0.5) is 5.00 Å². The lowest BCUT2D eigenvalue weighted by Gasteiger charge is -2.26. The highest BCUT2D eigenvalue weighted by Crippen LogP contribution is 2.38. The first-order valence-corrected chi connectivity index (χ1v) is 10.2. The van der Waals surface area contributed by atoms with Gasteiger partial charge in [0.2, 0.25) is 5.91 Å². The first-order valence-electron chi connectivity index (χ1n) is 9.36. The van der Waals surface area contributed by atoms with Crippen LogP contribution in [0.5, 0.6) is 0 Å². The number of rotatable bonds is 4. The number of carbonyl (C=O) groups is 1. The lowest BCUT2D eigenvalue weighted by Crippen LogP contribution is -2.29. The summed E-state index contributed by atoms with van der Waals surface area (Å²) < 4.78 is 0. The Labute approximate surface area is 158 Å². The van der Waals surface area contributed by atoms with E-state index in [1.165, 1.54) is 10.4 Å². The van der Waals surface area contributed by atoms with Crippen LogP contribution < -0.4 is 5.32 Å². The van der Waals surface area contributed by atoms with E-state index < -0.39 is 0 Å². The van der Waals surface area contributed by atoms with Gasteiger partial charge in [-0.25, -0.2) is 0 Å². The molecule has 1 aromatic heterocycles. The molecule has 0 bridgehead atoms. The number of nitrogens with one attached hydrogen (secondary N) is 1. The van der Waals surface area contributed by atoms with Crippen LogP contribution in [0.15, 0.2) is 30.3 Å². The van der Waals surface area contributed by atoms with Crippen LogP contribution in [0.3, 0.4) is 0 Å². The van der Waals surface area contributed by atoms with Crippen LogP contribution >= 0.6 is 11.3 Å². The molecule has 0 spiro atoms. The lowest BCUT2D eigenvalue weighted by atomic mass is 10.0. The molecule has 1 aliphatic carbocycles. The second kappa shape index (κ2) is 7.61. The molecule has 0 radical (unpaired) electrons. The van der Waals surface area contributed by atoms with Gasteiger partial charge in [0, 0.05) is 30.4 Å². The van der Waals surface area contributed by atoms with Crippen LogP contribution in [0.25, 0.3) is 0 Å². The second-order valence-corrected chi connectivity index (χ2v) is 8.34. The quantitative estimate of drug-likeness (QED) is 0.878. The zero-order valence-corrected chi connectivity index (χ0v) is 15.6. The van der Waals surface area contributed by atoms with Gasteiger partial charge >= 0.3 is 0 Å². The van der Waals surface area contributed by atoms with Gasteiger partial charge in [-0.2, -0.15) is 5.26 Å². The SMILES string of the molecule is N#Cc1c(NC(=O)C2CCCC2)sc2c1CCN(Cc1ccccc1)C2. The molecule has 2 heterocycles. The summed E-state index contributed by atoms with van der Waals surface area (Å²) in [4.78, 5) is 16.1. The highest BCUT2D eigenvalue weighted by atomic mass is 32.1. The Morgan fingerprint density at radius 3 is 2.77 bits per heavy atom. The molecule has 1 aromatic carbocycles. The molecule has 1 amide bonds. The predicted octanol–water partition coefficient (Wildman–Crippen LogP) is 4.31. The van der Waals surface area contributed by atoms with Gasteiger partial charge in [0.15, 0.2) is 0 Å². The van der Waals surface area contributed by atoms with Gasteiger partial charge in [0.1, 0.15) is 11.1 Å². The number of benzene rings is 1. The van der Waals surface area contributed by atoms with Gasteiger partial charge in [-0.1, -0.05) is 43.2 Å². The number of amides is 1. The van der Waals surface area contributed by atoms with Crippen LogP contribution in [0.2, 0.25) is 0 Å². The van der Waals surface area contributed by atoms with E-state index in [0.717, 1.165) is 62.3 Å². The molecule has 1 N–H and O–H groups in total. The molecule has 2 aromatic rings. The minimum Gasteiger partial charge on any atom is -0.316 e. The van der Waals surface area contributed by atoms with Crippen molar-refractivity contribution in [1.29, 1.82) is 5.26 Å². The maximum Gasteiger partial charge on any atom is 0.228 e. The molecule has 0 unspecified atom stereocenters. The summed E-state index contributed by atoms with van der Waals surface area (Å²) >= 11 is 1.59. The summed E-state index contributed by atoms with van der Waals surface area (Å²) in [5, 5.41) is 13.5. The molecule has 2 aliphatic rings. The maximum absolute atomic E-state index is 12.5. The number of hydrogen-bond acceptors (Lipinski definition) is 4. The smallest absolute Gasteiger partial charge is 0.228 e. The van der Waals surface area contributed by atoms with Crippen LogP contribution in [-0.4, -0.2) is 17.4 Å². The zero-order valence-electron chi connectivity index (χ0n) is 14.8. The fraction of sp³-hybridized carbons (Fsp3) is 0.429. The largest absolute Gasteiger partial charge is 0.316 e. The number of carbonyl (C=O) groups excluding carboxylic acids is 1. The second-order valence-electron chi connectivity index (χ2n) is 7.24. The number of hydrogen-bond donors (Lipinski definition) is 1. The van der Waals surface area contributed by atoms with E-state index in [2.05, 4.69) is 40.6 Å². The molecular formula is C21H23N3OS. The van der Waals surface area contributed by atoms with Crippen molar-refractivity contribution in [2.24, 2.45) is 5.92 Å². The number of nitrogens with zero attached hydrogens (tertiary/aromatic N) is 2. The third kappa shape index (κ3) is 3.53. The highest BCUT2D eigenvalue weighted by Gasteiger charge is 2.28. The van der Waals surface area contributed by atoms with E-state index in [1.807, 2.05) is 6.07 Å². The van der Waals surface area contributed by atoms with Crippen LogP contribution in [-0.2, 0) is 24.3 Å². The molecule has 0 saturated heterocycles. The van der Waals surface area contributed by atoms with Gasteiger partial charge in [0.25, 0.3) is 0 Å². The first-order chi connectivity index (χ1) is 12.7. The molecule has 4 nitrogen and oxygen atoms in total. The molecule has 1 aliphatic heterocycles. The van der Waals surface area contributed by atoms with E-state index >= 15 is 0 Å². The Kier molecular flexibility index (Phi) is 5.05. The van der Waals surface area contributed by atoms with Crippen molar-refractivity contribution in [3.63, 3.8) is 0 Å². The number of thiophene rings is 1. The van der Waals surface area contributed by atoms with E-state index in [1.54, 1.807) is 11.3 Å². The van der Waals surface area contributed by atoms with Crippen molar-refractivity contribution >= 4 is 22.2 Å². The van der Waals surface area contributed by atoms with Gasteiger partial charge in [-0.15, -0.1) is 11.3 Å². The van der Waals surface area contributed by atoms with Gasteiger partial charge in [-0.3, -0.25) is 9.69 Å². The molecule has 0 atom stereocenters. The molecular weight excluding hydrogens is 342 g/mol. The summed E-state index contributed by atoms with van der Waals surface area (Å²) in [6.45, 7) is 2.72. The van der Waals surface area contributed by atoms with E-state index in [0.29, 0.717) is 5.56 Å². The standard InChI is InChI=1S/C21H23N3OS/c22-12-18-17-10-11-24(13-15-6-2-1-3-7-15)14-19(17)26-21(18)23-20(25)16-8-4-5-9-16/h1-3,6-7,16H,4-5,8-11,13-14H2,(H,23,25). The minimum absolute atomic E-state index is 0.0961. The van der Waals surface area contributed by atoms with Gasteiger partial charge in [0.05, 0.1) is 5.56 Å². The fourth-order valence-corrected chi connectivity index (χ4v) is 5.28. The Morgan fingerprint density at radius 2 is 2.04 bits per heavy atom. The average Bonchev–Trinajstić information content (AvgIpc) is 3.29. The Bertz CT molecular complexity index is 831. The third-order valence-corrected chi connectivity index (χ3v) is 6.59. The predicted molar refractivity (Wildman–Crippen MR) is 104 cm³/mol. The molecule has 134 valence electrons. The maximum atomic E-state index is 12.5. The zero-order chi connectivity index (χ0) is 17.9. The number of fused-ring (bicyclic) bond motifs is 1. The minimum atomic E-state index is 0.0961. The van der Waals surface area contributed by atoms with E-state index in [9.17, 15) is 10.1 Å². The average molecular weight is 366 g/mol. The van der Waals surface area contributed by atoms with Gasteiger partial charge < -0.3 is 5.32 Å². The number of anilines is 1.